The molecular weight excluding hydrogens is 607 g/mol. The molecule has 16 heteroatoms. The van der Waals surface area contributed by atoms with E-state index in [0.29, 0.717) is 12.1 Å². The summed E-state index contributed by atoms with van der Waals surface area (Å²) in [5, 5.41) is 4.19. The van der Waals surface area contributed by atoms with Crippen molar-refractivity contribution >= 4 is 49.2 Å². The monoisotopic (exact) mass is 626 g/mol. The average molecular weight is 627 g/mol. The highest BCUT2D eigenvalue weighted by Gasteiger charge is 2.32. The summed E-state index contributed by atoms with van der Waals surface area (Å²) in [5.41, 5.74) is 4.58. The predicted molar refractivity (Wildman–Crippen MR) is 147 cm³/mol. The van der Waals surface area contributed by atoms with Gasteiger partial charge in [0.2, 0.25) is 10.0 Å². The number of benzene rings is 3. The molecule has 3 aromatic carbocycles. The zero-order chi connectivity index (χ0) is 30.7. The molecule has 0 saturated heterocycles. The van der Waals surface area contributed by atoms with E-state index in [-0.39, 0.29) is 56.1 Å². The molecule has 0 spiro atoms. The second kappa shape index (κ2) is 10.3. The molecule has 3 N–H and O–H groups in total. The number of hydrogen-bond donors (Lipinski definition) is 2. The minimum Gasteiger partial charge on any atom is -0.321 e. The number of nitrogens with two attached hydrogens (primary N) is 1. The maximum atomic E-state index is 13.9. The molecule has 220 valence electrons. The van der Waals surface area contributed by atoms with Crippen molar-refractivity contribution in [3.8, 4) is 5.69 Å². The number of anilines is 1. The Morgan fingerprint density at radius 1 is 1.07 bits per heavy atom. The Morgan fingerprint density at radius 3 is 2.36 bits per heavy atom. The number of nitrogens with zero attached hydrogens (tertiary/aromatic N) is 4. The van der Waals surface area contributed by atoms with Gasteiger partial charge < -0.3 is 5.73 Å². The number of alkyl halides is 3. The molecular formula is C26H20ClF5N6O3S. The molecule has 5 aromatic rings. The van der Waals surface area contributed by atoms with Gasteiger partial charge in [0.15, 0.2) is 5.82 Å². The van der Waals surface area contributed by atoms with E-state index in [1.54, 1.807) is 0 Å². The number of aromatic nitrogens is 4. The lowest BCUT2D eigenvalue weighted by Crippen LogP contribution is -2.30. The molecule has 5 rings (SSSR count). The van der Waals surface area contributed by atoms with Crippen LogP contribution < -0.4 is 16.0 Å². The van der Waals surface area contributed by atoms with Crippen LogP contribution >= 0.6 is 11.6 Å². The van der Waals surface area contributed by atoms with Crippen molar-refractivity contribution in [2.75, 3.05) is 11.0 Å². The zero-order valence-electron chi connectivity index (χ0n) is 21.7. The topological polar surface area (TPSA) is 125 Å². The summed E-state index contributed by atoms with van der Waals surface area (Å²) in [6, 6.07) is 6.65. The maximum absolute atomic E-state index is 13.9. The normalized spacial score (nSPS) is 13.2. The van der Waals surface area contributed by atoms with Gasteiger partial charge in [-0.05, 0) is 54.4 Å². The molecule has 0 amide bonds. The van der Waals surface area contributed by atoms with Gasteiger partial charge in [0.05, 0.1) is 50.4 Å². The first-order chi connectivity index (χ1) is 19.5. The summed E-state index contributed by atoms with van der Waals surface area (Å²) in [4.78, 5) is 18.3. The number of sulfonamides is 1. The second-order valence-electron chi connectivity index (χ2n) is 9.57. The molecule has 9 nitrogen and oxygen atoms in total. The van der Waals surface area contributed by atoms with Crippen molar-refractivity contribution < 1.29 is 30.4 Å². The summed E-state index contributed by atoms with van der Waals surface area (Å²) in [6.07, 6.45) is -4.08. The summed E-state index contributed by atoms with van der Waals surface area (Å²) >= 11 is 6.40. The standard InChI is InChI=1S/C26H20ClF5N6O3S/c1-37-22-20(6-5-17(27)21(22)23(35-37)36-42(2,40)41)38-24(18(33)9-12-7-14(28)11-15(29)8-12)34-19-10-13(26(30,31)32)3-4-16(19)25(38)39/h3-8,10-11,18H,9,33H2,1-2H3,(H,35,36). The summed E-state index contributed by atoms with van der Waals surface area (Å²) in [7, 11) is -2.35. The molecule has 42 heavy (non-hydrogen) atoms. The van der Waals surface area contributed by atoms with Crippen molar-refractivity contribution in [1.82, 2.24) is 19.3 Å². The molecule has 0 fully saturated rings. The van der Waals surface area contributed by atoms with Crippen LogP contribution in [0.25, 0.3) is 27.5 Å². The number of halogens is 6. The number of hydrogen-bond acceptors (Lipinski definition) is 6. The van der Waals surface area contributed by atoms with Crippen LogP contribution in [-0.2, 0) is 29.7 Å². The van der Waals surface area contributed by atoms with Gasteiger partial charge in [-0.25, -0.2) is 22.2 Å². The molecule has 0 saturated carbocycles. The number of nitrogens with one attached hydrogen (secondary N) is 1. The quantitative estimate of drug-likeness (QED) is 0.260. The minimum atomic E-state index is -4.73. The summed E-state index contributed by atoms with van der Waals surface area (Å²) in [5.74, 6) is -2.13. The SMILES string of the molecule is Cn1nc(NS(C)(=O)=O)c2c(Cl)ccc(-n3c(C(N)Cc4cc(F)cc(F)c4)nc4cc(C(F)(F)F)ccc4c3=O)c21. The highest BCUT2D eigenvalue weighted by molar-refractivity contribution is 7.92. The van der Waals surface area contributed by atoms with E-state index in [9.17, 15) is 35.2 Å². The van der Waals surface area contributed by atoms with E-state index < -0.39 is 45.0 Å². The first-order valence-electron chi connectivity index (χ1n) is 12.0. The Bertz CT molecular complexity index is 2040. The van der Waals surface area contributed by atoms with Gasteiger partial charge in [0.25, 0.3) is 5.56 Å². The van der Waals surface area contributed by atoms with Crippen molar-refractivity contribution in [2.45, 2.75) is 18.6 Å². The Balaban J connectivity index is 1.82. The van der Waals surface area contributed by atoms with Crippen LogP contribution in [0.3, 0.4) is 0 Å². The molecule has 0 aliphatic rings. The largest absolute Gasteiger partial charge is 0.416 e. The van der Waals surface area contributed by atoms with Crippen LogP contribution in [0.15, 0.2) is 53.3 Å². The predicted octanol–water partition coefficient (Wildman–Crippen LogP) is 4.84. The van der Waals surface area contributed by atoms with Crippen LogP contribution in [0.2, 0.25) is 5.02 Å². The van der Waals surface area contributed by atoms with Crippen molar-refractivity contribution in [1.29, 1.82) is 0 Å². The molecule has 1 atom stereocenters. The molecule has 1 unspecified atom stereocenters. The molecule has 0 radical (unpaired) electrons. The lowest BCUT2D eigenvalue weighted by Gasteiger charge is -2.20. The van der Waals surface area contributed by atoms with Gasteiger partial charge in [0.1, 0.15) is 17.5 Å². The van der Waals surface area contributed by atoms with Gasteiger partial charge in [-0.15, -0.1) is 0 Å². The first-order valence-corrected chi connectivity index (χ1v) is 14.3. The van der Waals surface area contributed by atoms with Crippen molar-refractivity contribution in [3.05, 3.63) is 92.5 Å². The van der Waals surface area contributed by atoms with Gasteiger partial charge in [-0.3, -0.25) is 18.8 Å². The summed E-state index contributed by atoms with van der Waals surface area (Å²) in [6.45, 7) is 0. The maximum Gasteiger partial charge on any atom is 0.416 e. The van der Waals surface area contributed by atoms with E-state index in [1.807, 2.05) is 0 Å². The van der Waals surface area contributed by atoms with Gasteiger partial charge in [0, 0.05) is 13.1 Å². The third kappa shape index (κ3) is 5.54. The fourth-order valence-corrected chi connectivity index (χ4v) is 5.46. The third-order valence-corrected chi connectivity index (χ3v) is 7.25. The fourth-order valence-electron chi connectivity index (χ4n) is 4.72. The number of rotatable bonds is 6. The average Bonchev–Trinajstić information content (AvgIpc) is 3.18. The van der Waals surface area contributed by atoms with E-state index in [2.05, 4.69) is 14.8 Å². The Hall–Kier alpha value is -4.08. The van der Waals surface area contributed by atoms with Gasteiger partial charge in [-0.1, -0.05) is 11.6 Å². The van der Waals surface area contributed by atoms with E-state index in [0.717, 1.165) is 35.1 Å². The lowest BCUT2D eigenvalue weighted by molar-refractivity contribution is -0.137. The fraction of sp³-hybridized carbons (Fsp3) is 0.192. The van der Waals surface area contributed by atoms with Crippen LogP contribution in [0.1, 0.15) is 23.0 Å². The molecule has 2 heterocycles. The lowest BCUT2D eigenvalue weighted by atomic mass is 10.0. The highest BCUT2D eigenvalue weighted by atomic mass is 35.5. The first kappa shape index (κ1) is 29.4. The van der Waals surface area contributed by atoms with Crippen LogP contribution in [0.4, 0.5) is 27.8 Å². The van der Waals surface area contributed by atoms with E-state index >= 15 is 0 Å². The van der Waals surface area contributed by atoms with Crippen molar-refractivity contribution in [2.24, 2.45) is 12.8 Å². The molecule has 0 bridgehead atoms. The highest BCUT2D eigenvalue weighted by Crippen LogP contribution is 2.36. The second-order valence-corrected chi connectivity index (χ2v) is 11.7. The van der Waals surface area contributed by atoms with E-state index in [4.69, 9.17) is 17.3 Å². The van der Waals surface area contributed by atoms with Crippen LogP contribution in [0.5, 0.6) is 0 Å². The van der Waals surface area contributed by atoms with Gasteiger partial charge >= 0.3 is 6.18 Å². The number of fused-ring (bicyclic) bond motifs is 2. The Labute approximate surface area is 239 Å². The smallest absolute Gasteiger partial charge is 0.321 e. The van der Waals surface area contributed by atoms with Crippen LogP contribution in [0, 0.1) is 11.6 Å². The third-order valence-electron chi connectivity index (χ3n) is 6.37. The molecule has 2 aromatic heterocycles. The van der Waals surface area contributed by atoms with E-state index in [1.165, 1.54) is 23.9 Å². The van der Waals surface area contributed by atoms with Crippen LogP contribution in [-0.4, -0.2) is 34.0 Å². The Morgan fingerprint density at radius 2 is 1.74 bits per heavy atom. The zero-order valence-corrected chi connectivity index (χ0v) is 23.2. The minimum absolute atomic E-state index is 0.0705. The number of aryl methyl sites for hydroxylation is 1. The summed E-state index contributed by atoms with van der Waals surface area (Å²) < 4.78 is 96.7. The molecule has 0 aliphatic carbocycles. The Kier molecular flexibility index (Phi) is 7.23. The van der Waals surface area contributed by atoms with Crippen molar-refractivity contribution in [3.63, 3.8) is 0 Å². The molecule has 0 aliphatic heterocycles. The van der Waals surface area contributed by atoms with Gasteiger partial charge in [-0.2, -0.15) is 18.3 Å².